The molecule has 10 heteroatoms. The number of rotatable bonds is 7. The maximum Gasteiger partial charge on any atom is 0.351 e. The second-order valence-corrected chi connectivity index (χ2v) is 9.02. The summed E-state index contributed by atoms with van der Waals surface area (Å²) in [7, 11) is 3.12. The minimum absolute atomic E-state index is 0.00268. The summed E-state index contributed by atoms with van der Waals surface area (Å²) in [5.41, 5.74) is 1.60. The van der Waals surface area contributed by atoms with E-state index >= 15 is 0 Å². The lowest BCUT2D eigenvalue weighted by atomic mass is 10.0. The standard InChI is InChI=1S/C26H24N2O7S/c1-31-19-10-9-16(12-22(19)32-2)18-13-17(24-8-5-11-36-24)27-28(18)25(29)15-34-26(30)23-14-33-20-6-3-4-7-21(20)35-23/h3-12,18,23H,13-15H2,1-2H3/t18-,23+/m1/s1. The highest BCUT2D eigenvalue weighted by molar-refractivity contribution is 7.12. The van der Waals surface area contributed by atoms with Gasteiger partial charge in [0.05, 0.1) is 30.9 Å². The Balaban J connectivity index is 1.31. The molecule has 2 aromatic carbocycles. The molecule has 2 aliphatic heterocycles. The molecule has 1 amide bonds. The highest BCUT2D eigenvalue weighted by Crippen LogP contribution is 2.38. The molecule has 0 N–H and O–H groups in total. The molecule has 0 saturated heterocycles. The van der Waals surface area contributed by atoms with Crippen LogP contribution < -0.4 is 18.9 Å². The SMILES string of the molecule is COc1ccc([C@H]2CC(c3cccs3)=NN2C(=O)COC(=O)[C@@H]2COc3ccccc3O2)cc1OC. The molecule has 0 spiro atoms. The molecule has 0 bridgehead atoms. The van der Waals surface area contributed by atoms with E-state index in [4.69, 9.17) is 23.7 Å². The Bertz CT molecular complexity index is 1290. The third kappa shape index (κ3) is 4.72. The van der Waals surface area contributed by atoms with Crippen molar-refractivity contribution < 1.29 is 33.3 Å². The fraction of sp³-hybridized carbons (Fsp3) is 0.269. The summed E-state index contributed by atoms with van der Waals surface area (Å²) >= 11 is 1.55. The van der Waals surface area contributed by atoms with Gasteiger partial charge in [0.15, 0.2) is 29.6 Å². The first-order valence-electron chi connectivity index (χ1n) is 11.3. The van der Waals surface area contributed by atoms with Crippen molar-refractivity contribution in [1.82, 2.24) is 5.01 Å². The third-order valence-corrected chi connectivity index (χ3v) is 6.79. The quantitative estimate of drug-likeness (QED) is 0.448. The van der Waals surface area contributed by atoms with Crippen molar-refractivity contribution in [2.75, 3.05) is 27.4 Å². The molecular weight excluding hydrogens is 484 g/mol. The van der Waals surface area contributed by atoms with Crippen LogP contribution in [0.3, 0.4) is 0 Å². The van der Waals surface area contributed by atoms with Gasteiger partial charge in [0.2, 0.25) is 6.10 Å². The Kier molecular flexibility index (Phi) is 6.77. The fourth-order valence-corrected chi connectivity index (χ4v) is 4.80. The average Bonchev–Trinajstić information content (AvgIpc) is 3.61. The van der Waals surface area contributed by atoms with Crippen LogP contribution in [0.2, 0.25) is 0 Å². The van der Waals surface area contributed by atoms with Gasteiger partial charge < -0.3 is 23.7 Å². The van der Waals surface area contributed by atoms with Crippen molar-refractivity contribution in [2.45, 2.75) is 18.6 Å². The predicted octanol–water partition coefficient (Wildman–Crippen LogP) is 3.83. The lowest BCUT2D eigenvalue weighted by Gasteiger charge is -2.26. The third-order valence-electron chi connectivity index (χ3n) is 5.87. The zero-order valence-electron chi connectivity index (χ0n) is 19.7. The van der Waals surface area contributed by atoms with Gasteiger partial charge in [0.1, 0.15) is 6.61 Å². The number of hydrazone groups is 1. The van der Waals surface area contributed by atoms with Gasteiger partial charge in [0, 0.05) is 6.42 Å². The second kappa shape index (κ2) is 10.3. The van der Waals surface area contributed by atoms with Gasteiger partial charge in [-0.3, -0.25) is 4.79 Å². The lowest BCUT2D eigenvalue weighted by molar-refractivity contribution is -0.160. The number of nitrogens with zero attached hydrogens (tertiary/aromatic N) is 2. The van der Waals surface area contributed by atoms with E-state index in [1.165, 1.54) is 5.01 Å². The van der Waals surface area contributed by atoms with Crippen molar-refractivity contribution in [3.63, 3.8) is 0 Å². The summed E-state index contributed by atoms with van der Waals surface area (Å²) in [6.45, 7) is -0.478. The Hall–Kier alpha value is -4.05. The number of carbonyl (C=O) groups is 2. The molecule has 0 saturated carbocycles. The van der Waals surface area contributed by atoms with Crippen molar-refractivity contribution >= 4 is 28.9 Å². The van der Waals surface area contributed by atoms with Crippen LogP contribution in [-0.2, 0) is 14.3 Å². The van der Waals surface area contributed by atoms with Crippen LogP contribution in [0.5, 0.6) is 23.0 Å². The van der Waals surface area contributed by atoms with Gasteiger partial charge in [-0.25, -0.2) is 9.80 Å². The van der Waals surface area contributed by atoms with Crippen LogP contribution in [0.15, 0.2) is 65.1 Å². The number of amides is 1. The molecule has 36 heavy (non-hydrogen) atoms. The molecule has 1 aromatic heterocycles. The Labute approximate surface area is 211 Å². The zero-order chi connectivity index (χ0) is 25.1. The van der Waals surface area contributed by atoms with Crippen molar-refractivity contribution in [2.24, 2.45) is 5.10 Å². The van der Waals surface area contributed by atoms with E-state index in [1.807, 2.05) is 35.7 Å². The molecule has 0 unspecified atom stereocenters. The van der Waals surface area contributed by atoms with Crippen molar-refractivity contribution in [1.29, 1.82) is 0 Å². The van der Waals surface area contributed by atoms with E-state index in [1.54, 1.807) is 49.8 Å². The van der Waals surface area contributed by atoms with E-state index in [9.17, 15) is 9.59 Å². The van der Waals surface area contributed by atoms with Gasteiger partial charge in [-0.1, -0.05) is 24.3 Å². The largest absolute Gasteiger partial charge is 0.493 e. The van der Waals surface area contributed by atoms with E-state index in [2.05, 4.69) is 5.10 Å². The average molecular weight is 509 g/mol. The molecule has 3 aromatic rings. The molecule has 9 nitrogen and oxygen atoms in total. The number of para-hydroxylation sites is 2. The molecule has 5 rings (SSSR count). The zero-order valence-corrected chi connectivity index (χ0v) is 20.5. The molecule has 0 radical (unpaired) electrons. The first-order valence-corrected chi connectivity index (χ1v) is 12.2. The van der Waals surface area contributed by atoms with E-state index in [0.717, 1.165) is 16.2 Å². The number of fused-ring (bicyclic) bond motifs is 1. The van der Waals surface area contributed by atoms with Crippen molar-refractivity contribution in [3.8, 4) is 23.0 Å². The van der Waals surface area contributed by atoms with Crippen LogP contribution in [-0.4, -0.2) is 56.1 Å². The number of benzene rings is 2. The number of ether oxygens (including phenoxy) is 5. The topological polar surface area (TPSA) is 95.9 Å². The monoisotopic (exact) mass is 508 g/mol. The Morgan fingerprint density at radius 3 is 2.61 bits per heavy atom. The lowest BCUT2D eigenvalue weighted by Crippen LogP contribution is -2.40. The molecule has 3 heterocycles. The highest BCUT2D eigenvalue weighted by atomic mass is 32.1. The van der Waals surface area contributed by atoms with Crippen LogP contribution in [0.4, 0.5) is 0 Å². The van der Waals surface area contributed by atoms with Crippen LogP contribution in [0, 0.1) is 0 Å². The summed E-state index contributed by atoms with van der Waals surface area (Å²) in [6, 6.07) is 16.0. The fourth-order valence-electron chi connectivity index (χ4n) is 4.08. The number of methoxy groups -OCH3 is 2. The Morgan fingerprint density at radius 1 is 1.06 bits per heavy atom. The first kappa shape index (κ1) is 23.7. The number of carbonyl (C=O) groups excluding carboxylic acids is 2. The van der Waals surface area contributed by atoms with Gasteiger partial charge in [-0.2, -0.15) is 5.10 Å². The smallest absolute Gasteiger partial charge is 0.351 e. The maximum atomic E-state index is 13.2. The normalized spacial score (nSPS) is 18.4. The Morgan fingerprint density at radius 2 is 1.86 bits per heavy atom. The number of hydrogen-bond donors (Lipinski definition) is 0. The minimum Gasteiger partial charge on any atom is -0.493 e. The molecule has 0 aliphatic carbocycles. The van der Waals surface area contributed by atoms with Crippen LogP contribution in [0.1, 0.15) is 22.9 Å². The predicted molar refractivity (Wildman–Crippen MR) is 132 cm³/mol. The second-order valence-electron chi connectivity index (χ2n) is 8.07. The van der Waals surface area contributed by atoms with E-state index in [0.29, 0.717) is 29.4 Å². The van der Waals surface area contributed by atoms with Gasteiger partial charge in [-0.05, 0) is 41.3 Å². The van der Waals surface area contributed by atoms with Crippen LogP contribution >= 0.6 is 11.3 Å². The number of hydrogen-bond acceptors (Lipinski definition) is 9. The summed E-state index contributed by atoms with van der Waals surface area (Å²) in [5.74, 6) is 1.02. The first-order chi connectivity index (χ1) is 17.6. The van der Waals surface area contributed by atoms with Crippen molar-refractivity contribution in [3.05, 3.63) is 70.4 Å². The number of esters is 1. The maximum absolute atomic E-state index is 13.2. The summed E-state index contributed by atoms with van der Waals surface area (Å²) < 4.78 is 27.3. The van der Waals surface area contributed by atoms with E-state index < -0.39 is 30.6 Å². The molecule has 2 aliphatic rings. The summed E-state index contributed by atoms with van der Waals surface area (Å²) in [6.07, 6.45) is -0.454. The summed E-state index contributed by atoms with van der Waals surface area (Å²) in [5, 5.41) is 7.93. The minimum atomic E-state index is -0.960. The molecule has 0 fully saturated rings. The van der Waals surface area contributed by atoms with Gasteiger partial charge in [0.25, 0.3) is 5.91 Å². The molecule has 186 valence electrons. The van der Waals surface area contributed by atoms with Gasteiger partial charge >= 0.3 is 5.97 Å². The van der Waals surface area contributed by atoms with Crippen LogP contribution in [0.25, 0.3) is 0 Å². The molecular formula is C26H24N2O7S. The molecule has 2 atom stereocenters. The number of thiophene rings is 1. The van der Waals surface area contributed by atoms with E-state index in [-0.39, 0.29) is 6.61 Å². The summed E-state index contributed by atoms with van der Waals surface area (Å²) in [4.78, 5) is 26.8. The van der Waals surface area contributed by atoms with Gasteiger partial charge in [-0.15, -0.1) is 11.3 Å². The highest BCUT2D eigenvalue weighted by Gasteiger charge is 2.35.